The molecular weight excluding hydrogens is 272 g/mol. The standard InChI is InChI=1S/C14H16N4O3/c1-8-4-9(2)12(6-11(8)18(19)20)21-7-14-16-10(3)5-13(15)17-14/h4-6H,7H2,1-3H3,(H2,15,16,17). The molecule has 0 fully saturated rings. The molecule has 0 unspecified atom stereocenters. The number of rotatable bonds is 4. The van der Waals surface area contributed by atoms with Crippen LogP contribution < -0.4 is 10.5 Å². The van der Waals surface area contributed by atoms with Gasteiger partial charge < -0.3 is 10.5 Å². The summed E-state index contributed by atoms with van der Waals surface area (Å²) in [5, 5.41) is 11.0. The molecule has 7 heteroatoms. The van der Waals surface area contributed by atoms with Crippen LogP contribution in [0.2, 0.25) is 0 Å². The van der Waals surface area contributed by atoms with E-state index >= 15 is 0 Å². The van der Waals surface area contributed by atoms with E-state index in [1.165, 1.54) is 6.07 Å². The summed E-state index contributed by atoms with van der Waals surface area (Å²) in [5.41, 5.74) is 7.83. The fourth-order valence-electron chi connectivity index (χ4n) is 2.04. The summed E-state index contributed by atoms with van der Waals surface area (Å²) in [4.78, 5) is 18.8. The van der Waals surface area contributed by atoms with Crippen molar-refractivity contribution in [3.05, 3.63) is 51.0 Å². The average molecular weight is 288 g/mol. The fraction of sp³-hybridized carbons (Fsp3) is 0.286. The van der Waals surface area contributed by atoms with Gasteiger partial charge in [-0.15, -0.1) is 0 Å². The zero-order valence-electron chi connectivity index (χ0n) is 12.1. The molecule has 21 heavy (non-hydrogen) atoms. The SMILES string of the molecule is Cc1cc(N)nc(COc2cc([N+](=O)[O-])c(C)cc2C)n1. The number of hydrogen-bond donors (Lipinski definition) is 1. The molecule has 2 aromatic rings. The molecule has 0 bridgehead atoms. The third-order valence-corrected chi connectivity index (χ3v) is 2.97. The molecule has 0 aliphatic rings. The minimum atomic E-state index is -0.428. The van der Waals surface area contributed by atoms with Crippen LogP contribution in [0.5, 0.6) is 5.75 Å². The van der Waals surface area contributed by atoms with Gasteiger partial charge in [0.15, 0.2) is 5.82 Å². The van der Waals surface area contributed by atoms with E-state index in [1.54, 1.807) is 19.1 Å². The first-order valence-electron chi connectivity index (χ1n) is 6.35. The molecule has 1 aromatic carbocycles. The number of nitro benzene ring substituents is 1. The predicted molar refractivity (Wildman–Crippen MR) is 78.1 cm³/mol. The molecule has 0 spiro atoms. The molecule has 1 aromatic heterocycles. The van der Waals surface area contributed by atoms with Gasteiger partial charge in [0.05, 0.1) is 11.0 Å². The number of ether oxygens (including phenoxy) is 1. The Bertz CT molecular complexity index is 681. The van der Waals surface area contributed by atoms with E-state index in [9.17, 15) is 10.1 Å². The number of nitrogens with two attached hydrogens (primary N) is 1. The highest BCUT2D eigenvalue weighted by molar-refractivity contribution is 5.49. The molecular formula is C14H16N4O3. The Morgan fingerprint density at radius 3 is 2.52 bits per heavy atom. The summed E-state index contributed by atoms with van der Waals surface area (Å²) in [6.07, 6.45) is 0. The highest BCUT2D eigenvalue weighted by Gasteiger charge is 2.15. The smallest absolute Gasteiger partial charge is 0.276 e. The van der Waals surface area contributed by atoms with Gasteiger partial charge in [0.25, 0.3) is 5.69 Å². The van der Waals surface area contributed by atoms with Crippen molar-refractivity contribution >= 4 is 11.5 Å². The van der Waals surface area contributed by atoms with Gasteiger partial charge in [-0.1, -0.05) is 0 Å². The fourth-order valence-corrected chi connectivity index (χ4v) is 2.04. The van der Waals surface area contributed by atoms with Crippen LogP contribution in [0.4, 0.5) is 11.5 Å². The molecule has 0 aliphatic carbocycles. The van der Waals surface area contributed by atoms with E-state index in [1.807, 2.05) is 13.8 Å². The van der Waals surface area contributed by atoms with Crippen LogP contribution in [-0.2, 0) is 6.61 Å². The van der Waals surface area contributed by atoms with Crippen LogP contribution in [0.15, 0.2) is 18.2 Å². The molecule has 0 amide bonds. The van der Waals surface area contributed by atoms with Crippen molar-refractivity contribution in [3.8, 4) is 5.75 Å². The summed E-state index contributed by atoms with van der Waals surface area (Å²) in [5.74, 6) is 1.25. The zero-order chi connectivity index (χ0) is 15.6. The van der Waals surface area contributed by atoms with Gasteiger partial charge in [-0.2, -0.15) is 0 Å². The van der Waals surface area contributed by atoms with Gasteiger partial charge in [-0.3, -0.25) is 10.1 Å². The molecule has 0 radical (unpaired) electrons. The van der Waals surface area contributed by atoms with Gasteiger partial charge in [0.2, 0.25) is 0 Å². The number of hydrogen-bond acceptors (Lipinski definition) is 6. The minimum Gasteiger partial charge on any atom is -0.485 e. The van der Waals surface area contributed by atoms with Crippen molar-refractivity contribution < 1.29 is 9.66 Å². The van der Waals surface area contributed by atoms with E-state index in [4.69, 9.17) is 10.5 Å². The maximum absolute atomic E-state index is 11.0. The summed E-state index contributed by atoms with van der Waals surface area (Å²) in [6, 6.07) is 4.80. The largest absolute Gasteiger partial charge is 0.485 e. The van der Waals surface area contributed by atoms with Gasteiger partial charge in [-0.05, 0) is 32.4 Å². The Kier molecular flexibility index (Phi) is 4.02. The number of anilines is 1. The Morgan fingerprint density at radius 2 is 1.90 bits per heavy atom. The maximum Gasteiger partial charge on any atom is 0.276 e. The molecule has 0 saturated heterocycles. The summed E-state index contributed by atoms with van der Waals surface area (Å²) in [6.45, 7) is 5.44. The Hall–Kier alpha value is -2.70. The average Bonchev–Trinajstić information content (AvgIpc) is 2.36. The third kappa shape index (κ3) is 3.44. The molecule has 0 atom stereocenters. The molecule has 2 N–H and O–H groups in total. The van der Waals surface area contributed by atoms with Crippen LogP contribution in [0.3, 0.4) is 0 Å². The van der Waals surface area contributed by atoms with E-state index < -0.39 is 4.92 Å². The first-order valence-corrected chi connectivity index (χ1v) is 6.35. The van der Waals surface area contributed by atoms with E-state index in [2.05, 4.69) is 9.97 Å². The normalized spacial score (nSPS) is 10.4. The zero-order valence-corrected chi connectivity index (χ0v) is 12.1. The molecule has 7 nitrogen and oxygen atoms in total. The van der Waals surface area contributed by atoms with E-state index in [-0.39, 0.29) is 12.3 Å². The molecule has 0 saturated carbocycles. The lowest BCUT2D eigenvalue weighted by Crippen LogP contribution is -2.06. The number of nitro groups is 1. The number of benzene rings is 1. The summed E-state index contributed by atoms with van der Waals surface area (Å²) < 4.78 is 5.59. The predicted octanol–water partition coefficient (Wildman–Crippen LogP) is 2.47. The second kappa shape index (κ2) is 5.74. The molecule has 2 rings (SSSR count). The van der Waals surface area contributed by atoms with Crippen molar-refractivity contribution in [2.45, 2.75) is 27.4 Å². The van der Waals surface area contributed by atoms with Crippen molar-refractivity contribution in [3.63, 3.8) is 0 Å². The van der Waals surface area contributed by atoms with Gasteiger partial charge in [-0.25, -0.2) is 9.97 Å². The number of aromatic nitrogens is 2. The Balaban J connectivity index is 2.23. The van der Waals surface area contributed by atoms with E-state index in [0.29, 0.717) is 23.0 Å². The Morgan fingerprint density at radius 1 is 1.19 bits per heavy atom. The second-order valence-electron chi connectivity index (χ2n) is 4.80. The van der Waals surface area contributed by atoms with Crippen LogP contribution in [0.1, 0.15) is 22.6 Å². The molecule has 1 heterocycles. The molecule has 0 aliphatic heterocycles. The van der Waals surface area contributed by atoms with Crippen LogP contribution >= 0.6 is 0 Å². The van der Waals surface area contributed by atoms with Crippen LogP contribution in [0, 0.1) is 30.9 Å². The topological polar surface area (TPSA) is 104 Å². The van der Waals surface area contributed by atoms with Gasteiger partial charge in [0.1, 0.15) is 18.2 Å². The van der Waals surface area contributed by atoms with Crippen molar-refractivity contribution in [1.82, 2.24) is 9.97 Å². The van der Waals surface area contributed by atoms with Crippen molar-refractivity contribution in [2.75, 3.05) is 5.73 Å². The third-order valence-electron chi connectivity index (χ3n) is 2.97. The quantitative estimate of drug-likeness (QED) is 0.684. The van der Waals surface area contributed by atoms with Gasteiger partial charge >= 0.3 is 0 Å². The number of nitrogens with zero attached hydrogens (tertiary/aromatic N) is 3. The Labute approximate surface area is 121 Å². The number of nitrogen functional groups attached to an aromatic ring is 1. The minimum absolute atomic E-state index is 0.0280. The number of aryl methyl sites for hydroxylation is 3. The highest BCUT2D eigenvalue weighted by atomic mass is 16.6. The molecule has 110 valence electrons. The lowest BCUT2D eigenvalue weighted by Gasteiger charge is -2.10. The van der Waals surface area contributed by atoms with Crippen LogP contribution in [0.25, 0.3) is 0 Å². The first-order chi connectivity index (χ1) is 9.86. The highest BCUT2D eigenvalue weighted by Crippen LogP contribution is 2.28. The summed E-state index contributed by atoms with van der Waals surface area (Å²) in [7, 11) is 0. The second-order valence-corrected chi connectivity index (χ2v) is 4.80. The lowest BCUT2D eigenvalue weighted by molar-refractivity contribution is -0.385. The van der Waals surface area contributed by atoms with E-state index in [0.717, 1.165) is 11.3 Å². The lowest BCUT2D eigenvalue weighted by atomic mass is 10.1. The van der Waals surface area contributed by atoms with Crippen molar-refractivity contribution in [1.29, 1.82) is 0 Å². The van der Waals surface area contributed by atoms with Crippen LogP contribution in [-0.4, -0.2) is 14.9 Å². The first kappa shape index (κ1) is 14.7. The summed E-state index contributed by atoms with van der Waals surface area (Å²) >= 11 is 0. The van der Waals surface area contributed by atoms with Gasteiger partial charge in [0, 0.05) is 17.3 Å². The monoisotopic (exact) mass is 288 g/mol. The van der Waals surface area contributed by atoms with Crippen molar-refractivity contribution in [2.24, 2.45) is 0 Å². The maximum atomic E-state index is 11.0.